The monoisotopic (exact) mass is 274 g/mol. The average Bonchev–Trinajstić information content (AvgIpc) is 3.03. The second kappa shape index (κ2) is 5.44. The molecule has 1 heterocycles. The van der Waals surface area contributed by atoms with Crippen molar-refractivity contribution in [3.05, 3.63) is 29.8 Å². The highest BCUT2D eigenvalue weighted by Crippen LogP contribution is 2.38. The number of fused-ring (bicyclic) bond motifs is 1. The van der Waals surface area contributed by atoms with Crippen molar-refractivity contribution < 1.29 is 9.90 Å². The topological polar surface area (TPSA) is 52.6 Å². The normalized spacial score (nSPS) is 28.4. The molecule has 108 valence electrons. The highest BCUT2D eigenvalue weighted by molar-refractivity contribution is 5.82. The predicted octanol–water partition coefficient (Wildman–Crippen LogP) is 1.74. The summed E-state index contributed by atoms with van der Waals surface area (Å²) in [5.74, 6) is 1.69. The molecular formula is C16H22N2O2. The van der Waals surface area contributed by atoms with Crippen LogP contribution in [-0.4, -0.2) is 35.5 Å². The van der Waals surface area contributed by atoms with E-state index in [9.17, 15) is 9.90 Å². The minimum Gasteiger partial charge on any atom is -0.508 e. The Bertz CT molecular complexity index is 486. The van der Waals surface area contributed by atoms with Gasteiger partial charge < -0.3 is 15.3 Å². The lowest BCUT2D eigenvalue weighted by Gasteiger charge is -2.24. The van der Waals surface area contributed by atoms with E-state index in [0.29, 0.717) is 18.4 Å². The molecule has 1 aliphatic heterocycles. The van der Waals surface area contributed by atoms with E-state index >= 15 is 0 Å². The van der Waals surface area contributed by atoms with E-state index in [-0.39, 0.29) is 17.7 Å². The zero-order valence-corrected chi connectivity index (χ0v) is 11.9. The summed E-state index contributed by atoms with van der Waals surface area (Å²) in [6.07, 6.45) is 3.71. The van der Waals surface area contributed by atoms with Crippen LogP contribution in [0.1, 0.15) is 24.8 Å². The van der Waals surface area contributed by atoms with E-state index in [1.54, 1.807) is 17.0 Å². The van der Waals surface area contributed by atoms with Gasteiger partial charge in [0.25, 0.3) is 0 Å². The van der Waals surface area contributed by atoms with E-state index in [4.69, 9.17) is 0 Å². The molecule has 1 aromatic carbocycles. The molecule has 2 aliphatic rings. The number of hydrogen-bond donors (Lipinski definition) is 2. The molecule has 0 spiro atoms. The van der Waals surface area contributed by atoms with Gasteiger partial charge in [-0.3, -0.25) is 4.79 Å². The lowest BCUT2D eigenvalue weighted by atomic mass is 9.93. The van der Waals surface area contributed by atoms with Crippen molar-refractivity contribution in [3.63, 3.8) is 0 Å². The molecule has 4 nitrogen and oxygen atoms in total. The van der Waals surface area contributed by atoms with Gasteiger partial charge in [-0.15, -0.1) is 0 Å². The molecule has 0 bridgehead atoms. The van der Waals surface area contributed by atoms with Crippen LogP contribution in [0, 0.1) is 11.8 Å². The van der Waals surface area contributed by atoms with Crippen molar-refractivity contribution in [1.82, 2.24) is 10.2 Å². The third-order valence-corrected chi connectivity index (χ3v) is 4.74. The first-order valence-corrected chi connectivity index (χ1v) is 7.41. The molecule has 3 atom stereocenters. The summed E-state index contributed by atoms with van der Waals surface area (Å²) in [5.41, 5.74) is 1.04. The molecule has 4 heteroatoms. The summed E-state index contributed by atoms with van der Waals surface area (Å²) in [6.45, 7) is 1.59. The molecule has 0 aromatic heterocycles. The van der Waals surface area contributed by atoms with Crippen LogP contribution in [0.4, 0.5) is 0 Å². The van der Waals surface area contributed by atoms with Crippen LogP contribution in [0.5, 0.6) is 5.75 Å². The summed E-state index contributed by atoms with van der Waals surface area (Å²) in [5, 5.41) is 12.7. The van der Waals surface area contributed by atoms with Crippen LogP contribution in [0.15, 0.2) is 24.3 Å². The number of amides is 1. The summed E-state index contributed by atoms with van der Waals surface area (Å²) in [6, 6.07) is 7.05. The van der Waals surface area contributed by atoms with Gasteiger partial charge in [0.05, 0.1) is 6.04 Å². The fourth-order valence-electron chi connectivity index (χ4n) is 3.65. The van der Waals surface area contributed by atoms with Gasteiger partial charge in [-0.05, 0) is 48.9 Å². The first-order chi connectivity index (χ1) is 9.65. The minimum atomic E-state index is 0.00427. The SMILES string of the molecule is CN(Cc1ccc(O)cc1)C(=O)C1NCC2CCCC21. The predicted molar refractivity (Wildman–Crippen MR) is 77.2 cm³/mol. The molecule has 3 rings (SSSR count). The van der Waals surface area contributed by atoms with Crippen molar-refractivity contribution in [1.29, 1.82) is 0 Å². The Labute approximate surface area is 119 Å². The summed E-state index contributed by atoms with van der Waals surface area (Å²) >= 11 is 0. The standard InChI is InChI=1S/C16H22N2O2/c1-18(10-11-5-7-13(19)8-6-11)16(20)15-14-4-2-3-12(14)9-17-15/h5-8,12,14-15,17,19H,2-4,9-10H2,1H3. The van der Waals surface area contributed by atoms with E-state index < -0.39 is 0 Å². The molecule has 1 aliphatic carbocycles. The molecule has 0 radical (unpaired) electrons. The maximum absolute atomic E-state index is 12.6. The number of phenols is 1. The van der Waals surface area contributed by atoms with Gasteiger partial charge in [-0.1, -0.05) is 18.6 Å². The number of likely N-dealkylation sites (N-methyl/N-ethyl adjacent to an activating group) is 1. The molecule has 1 amide bonds. The van der Waals surface area contributed by atoms with Gasteiger partial charge in [-0.25, -0.2) is 0 Å². The Kier molecular flexibility index (Phi) is 3.66. The zero-order valence-electron chi connectivity index (χ0n) is 11.9. The number of carbonyl (C=O) groups is 1. The quantitative estimate of drug-likeness (QED) is 0.882. The van der Waals surface area contributed by atoms with Crippen LogP contribution >= 0.6 is 0 Å². The van der Waals surface area contributed by atoms with E-state index in [1.165, 1.54) is 19.3 Å². The Balaban J connectivity index is 1.63. The van der Waals surface area contributed by atoms with Crippen molar-refractivity contribution in [2.24, 2.45) is 11.8 Å². The number of nitrogens with zero attached hydrogens (tertiary/aromatic N) is 1. The third-order valence-electron chi connectivity index (χ3n) is 4.74. The number of nitrogens with one attached hydrogen (secondary N) is 1. The number of hydrogen-bond acceptors (Lipinski definition) is 3. The number of phenolic OH excluding ortho intramolecular Hbond substituents is 1. The van der Waals surface area contributed by atoms with Crippen LogP contribution in [0.25, 0.3) is 0 Å². The third kappa shape index (κ3) is 2.52. The molecule has 1 aromatic rings. The van der Waals surface area contributed by atoms with Crippen LogP contribution in [0.2, 0.25) is 0 Å². The Hall–Kier alpha value is -1.55. The lowest BCUT2D eigenvalue weighted by Crippen LogP contribution is -2.44. The van der Waals surface area contributed by atoms with Gasteiger partial charge in [0.1, 0.15) is 5.75 Å². The number of rotatable bonds is 3. The van der Waals surface area contributed by atoms with Crippen LogP contribution in [0.3, 0.4) is 0 Å². The summed E-state index contributed by atoms with van der Waals surface area (Å²) in [4.78, 5) is 14.4. The Morgan fingerprint density at radius 1 is 1.35 bits per heavy atom. The second-order valence-electron chi connectivity index (χ2n) is 6.10. The maximum Gasteiger partial charge on any atom is 0.240 e. The fraction of sp³-hybridized carbons (Fsp3) is 0.562. The minimum absolute atomic E-state index is 0.00427. The van der Waals surface area contributed by atoms with Gasteiger partial charge in [0.15, 0.2) is 0 Å². The van der Waals surface area contributed by atoms with Crippen molar-refractivity contribution in [2.45, 2.75) is 31.8 Å². The highest BCUT2D eigenvalue weighted by Gasteiger charge is 2.43. The van der Waals surface area contributed by atoms with E-state index in [0.717, 1.165) is 12.1 Å². The first kappa shape index (κ1) is 13.4. The maximum atomic E-state index is 12.6. The Morgan fingerprint density at radius 2 is 2.10 bits per heavy atom. The largest absolute Gasteiger partial charge is 0.508 e. The number of aromatic hydroxyl groups is 1. The summed E-state index contributed by atoms with van der Waals surface area (Å²) in [7, 11) is 1.86. The molecule has 1 saturated carbocycles. The smallest absolute Gasteiger partial charge is 0.240 e. The van der Waals surface area contributed by atoms with E-state index in [1.807, 2.05) is 19.2 Å². The lowest BCUT2D eigenvalue weighted by molar-refractivity contribution is -0.133. The molecular weight excluding hydrogens is 252 g/mol. The van der Waals surface area contributed by atoms with Gasteiger partial charge in [0, 0.05) is 13.6 Å². The number of benzene rings is 1. The summed E-state index contributed by atoms with van der Waals surface area (Å²) < 4.78 is 0. The van der Waals surface area contributed by atoms with Gasteiger partial charge in [0.2, 0.25) is 5.91 Å². The first-order valence-electron chi connectivity index (χ1n) is 7.41. The molecule has 20 heavy (non-hydrogen) atoms. The fourth-order valence-corrected chi connectivity index (χ4v) is 3.65. The molecule has 1 saturated heterocycles. The highest BCUT2D eigenvalue weighted by atomic mass is 16.3. The zero-order chi connectivity index (χ0) is 14.1. The van der Waals surface area contributed by atoms with Crippen LogP contribution in [-0.2, 0) is 11.3 Å². The van der Waals surface area contributed by atoms with Crippen molar-refractivity contribution >= 4 is 5.91 Å². The van der Waals surface area contributed by atoms with Crippen molar-refractivity contribution in [3.8, 4) is 5.75 Å². The molecule has 2 N–H and O–H groups in total. The molecule has 2 fully saturated rings. The van der Waals surface area contributed by atoms with Crippen molar-refractivity contribution in [2.75, 3.05) is 13.6 Å². The van der Waals surface area contributed by atoms with Crippen LogP contribution < -0.4 is 5.32 Å². The van der Waals surface area contributed by atoms with Gasteiger partial charge in [-0.2, -0.15) is 0 Å². The Morgan fingerprint density at radius 3 is 2.85 bits per heavy atom. The molecule has 3 unspecified atom stereocenters. The number of carbonyl (C=O) groups excluding carboxylic acids is 1. The second-order valence-corrected chi connectivity index (χ2v) is 6.10. The average molecular weight is 274 g/mol. The van der Waals surface area contributed by atoms with E-state index in [2.05, 4.69) is 5.32 Å². The van der Waals surface area contributed by atoms with Gasteiger partial charge >= 0.3 is 0 Å².